The zero-order valence-corrected chi connectivity index (χ0v) is 15.4. The molecule has 1 atom stereocenters. The van der Waals surface area contributed by atoms with Crippen molar-refractivity contribution in [2.75, 3.05) is 6.26 Å². The predicted octanol–water partition coefficient (Wildman–Crippen LogP) is 3.80. The lowest BCUT2D eigenvalue weighted by Crippen LogP contribution is -2.26. The topological polar surface area (TPSA) is 77.8 Å². The molecule has 0 saturated heterocycles. The van der Waals surface area contributed by atoms with Gasteiger partial charge in [-0.1, -0.05) is 12.1 Å². The highest BCUT2D eigenvalue weighted by Crippen LogP contribution is 2.19. The fourth-order valence-electron chi connectivity index (χ4n) is 2.57. The number of nitrogens with one attached hydrogen (secondary N) is 3. The predicted molar refractivity (Wildman–Crippen MR) is 104 cm³/mol. The van der Waals surface area contributed by atoms with Gasteiger partial charge in [0, 0.05) is 10.5 Å². The lowest BCUT2D eigenvalue weighted by Gasteiger charge is -2.15. The molecule has 0 saturated carbocycles. The number of aromatic amines is 2. The Labute approximate surface area is 153 Å². The molecule has 5 nitrogen and oxygen atoms in total. The maximum absolute atomic E-state index is 12.5. The first-order valence-corrected chi connectivity index (χ1v) is 9.32. The summed E-state index contributed by atoms with van der Waals surface area (Å²) in [5, 5.41) is 3.44. The van der Waals surface area contributed by atoms with Gasteiger partial charge in [0.25, 0.3) is 11.5 Å². The molecular weight excluding hydrogens is 354 g/mol. The highest BCUT2D eigenvalue weighted by molar-refractivity contribution is 7.98. The zero-order valence-electron chi connectivity index (χ0n) is 13.8. The van der Waals surface area contributed by atoms with Crippen LogP contribution in [0.3, 0.4) is 0 Å². The third-order valence-corrected chi connectivity index (χ3v) is 4.91. The first kappa shape index (κ1) is 17.4. The van der Waals surface area contributed by atoms with Crippen molar-refractivity contribution in [2.45, 2.75) is 17.9 Å². The Morgan fingerprint density at radius 2 is 1.88 bits per heavy atom. The molecule has 0 spiro atoms. The molecule has 3 N–H and O–H groups in total. The van der Waals surface area contributed by atoms with Gasteiger partial charge < -0.3 is 10.3 Å². The summed E-state index contributed by atoms with van der Waals surface area (Å²) in [6, 6.07) is 12.8. The number of fused-ring (bicyclic) bond motifs is 1. The van der Waals surface area contributed by atoms with Crippen LogP contribution in [-0.2, 0) is 0 Å². The van der Waals surface area contributed by atoms with Crippen LogP contribution < -0.4 is 10.9 Å². The van der Waals surface area contributed by atoms with Gasteiger partial charge in [-0.05, 0) is 61.3 Å². The molecule has 1 unspecified atom stereocenters. The molecule has 0 radical (unpaired) electrons. The van der Waals surface area contributed by atoms with E-state index in [1.54, 1.807) is 30.0 Å². The quantitative estimate of drug-likeness (QED) is 0.481. The molecule has 1 amide bonds. The molecule has 25 heavy (non-hydrogen) atoms. The van der Waals surface area contributed by atoms with E-state index in [2.05, 4.69) is 15.3 Å². The van der Waals surface area contributed by atoms with Crippen molar-refractivity contribution in [1.29, 1.82) is 0 Å². The molecule has 3 aromatic rings. The second-order valence-corrected chi connectivity index (χ2v) is 6.92. The lowest BCUT2D eigenvalue weighted by atomic mass is 10.1. The van der Waals surface area contributed by atoms with Gasteiger partial charge in [0.1, 0.15) is 0 Å². The molecule has 0 fully saturated rings. The Bertz CT molecular complexity index is 1040. The molecule has 0 aliphatic rings. The summed E-state index contributed by atoms with van der Waals surface area (Å²) in [5.41, 5.74) is 1.77. The van der Waals surface area contributed by atoms with E-state index in [1.165, 1.54) is 4.90 Å². The molecule has 3 rings (SSSR count). The minimum absolute atomic E-state index is 0.128. The van der Waals surface area contributed by atoms with Crippen molar-refractivity contribution in [1.82, 2.24) is 15.3 Å². The molecule has 0 aliphatic heterocycles. The summed E-state index contributed by atoms with van der Waals surface area (Å²) in [6.45, 7) is 1.94. The van der Waals surface area contributed by atoms with Gasteiger partial charge in [-0.15, -0.1) is 11.8 Å². The van der Waals surface area contributed by atoms with Crippen LogP contribution in [-0.4, -0.2) is 22.1 Å². The van der Waals surface area contributed by atoms with Crippen LogP contribution in [0.4, 0.5) is 0 Å². The summed E-state index contributed by atoms with van der Waals surface area (Å²) in [5.74, 6) is -0.206. The Balaban J connectivity index is 1.83. The Morgan fingerprint density at radius 1 is 1.16 bits per heavy atom. The van der Waals surface area contributed by atoms with Crippen molar-refractivity contribution < 1.29 is 4.79 Å². The van der Waals surface area contributed by atoms with Crippen LogP contribution in [0.25, 0.3) is 10.9 Å². The maximum atomic E-state index is 12.5. The smallest absolute Gasteiger partial charge is 0.259 e. The normalized spacial score (nSPS) is 12.1. The molecular formula is C18H17N3O2S2. The van der Waals surface area contributed by atoms with E-state index in [9.17, 15) is 9.59 Å². The highest BCUT2D eigenvalue weighted by Gasteiger charge is 2.12. The van der Waals surface area contributed by atoms with Crippen molar-refractivity contribution in [2.24, 2.45) is 0 Å². The van der Waals surface area contributed by atoms with E-state index in [0.29, 0.717) is 16.5 Å². The molecule has 2 aromatic carbocycles. The SMILES string of the molecule is CSc1ccc(C(C)NC(=O)c2ccc3c(=O)[nH]c(=S)[nH]c3c2)cc1. The highest BCUT2D eigenvalue weighted by atomic mass is 32.2. The van der Waals surface area contributed by atoms with Crippen molar-refractivity contribution in [3.05, 3.63) is 68.7 Å². The summed E-state index contributed by atoms with van der Waals surface area (Å²) < 4.78 is 0.234. The number of carbonyl (C=O) groups is 1. The second-order valence-electron chi connectivity index (χ2n) is 5.64. The first-order chi connectivity index (χ1) is 12.0. The second kappa shape index (κ2) is 7.25. The lowest BCUT2D eigenvalue weighted by molar-refractivity contribution is 0.0940. The van der Waals surface area contributed by atoms with Gasteiger partial charge >= 0.3 is 0 Å². The fourth-order valence-corrected chi connectivity index (χ4v) is 3.18. The van der Waals surface area contributed by atoms with Gasteiger partial charge in [-0.2, -0.15) is 0 Å². The van der Waals surface area contributed by atoms with Gasteiger partial charge in [0.05, 0.1) is 16.9 Å². The van der Waals surface area contributed by atoms with Gasteiger partial charge in [0.2, 0.25) is 0 Å². The minimum Gasteiger partial charge on any atom is -0.346 e. The van der Waals surface area contributed by atoms with Crippen LogP contribution in [0.5, 0.6) is 0 Å². The molecule has 0 bridgehead atoms. The van der Waals surface area contributed by atoms with Crippen molar-refractivity contribution >= 4 is 40.8 Å². The summed E-state index contributed by atoms with van der Waals surface area (Å²) in [4.78, 5) is 31.0. The Morgan fingerprint density at radius 3 is 2.56 bits per heavy atom. The number of amides is 1. The largest absolute Gasteiger partial charge is 0.346 e. The number of benzene rings is 2. The van der Waals surface area contributed by atoms with Crippen molar-refractivity contribution in [3.8, 4) is 0 Å². The zero-order chi connectivity index (χ0) is 18.0. The average molecular weight is 371 g/mol. The molecule has 128 valence electrons. The number of hydrogen-bond donors (Lipinski definition) is 3. The summed E-state index contributed by atoms with van der Waals surface area (Å²) in [6.07, 6.45) is 2.02. The standard InChI is InChI=1S/C18H17N3O2S2/c1-10(11-3-6-13(25-2)7-4-11)19-16(22)12-5-8-14-15(9-12)20-18(24)21-17(14)23/h3-10H,1-2H3,(H,19,22)(H2,20,21,23,24). The van der Waals surface area contributed by atoms with Crippen LogP contribution in [0.15, 0.2) is 52.2 Å². The summed E-state index contributed by atoms with van der Waals surface area (Å²) in [7, 11) is 0. The molecule has 0 aliphatic carbocycles. The third-order valence-electron chi connectivity index (χ3n) is 3.97. The molecule has 1 aromatic heterocycles. The van der Waals surface area contributed by atoms with E-state index in [4.69, 9.17) is 12.2 Å². The van der Waals surface area contributed by atoms with Crippen LogP contribution in [0, 0.1) is 4.77 Å². The Hall–Kier alpha value is -2.38. The third kappa shape index (κ3) is 3.83. The molecule has 1 heterocycles. The van der Waals surface area contributed by atoms with E-state index in [0.717, 1.165) is 5.56 Å². The minimum atomic E-state index is -0.270. The van der Waals surface area contributed by atoms with Crippen molar-refractivity contribution in [3.63, 3.8) is 0 Å². The number of rotatable bonds is 4. The number of carbonyl (C=O) groups excluding carboxylic acids is 1. The fraction of sp³-hybridized carbons (Fsp3) is 0.167. The maximum Gasteiger partial charge on any atom is 0.259 e. The molecule has 7 heteroatoms. The van der Waals surface area contributed by atoms with Gasteiger partial charge in [-0.25, -0.2) is 0 Å². The average Bonchev–Trinajstić information content (AvgIpc) is 2.61. The Kier molecular flexibility index (Phi) is 5.06. The van der Waals surface area contributed by atoms with E-state index >= 15 is 0 Å². The van der Waals surface area contributed by atoms with E-state index in [1.807, 2.05) is 37.4 Å². The van der Waals surface area contributed by atoms with E-state index < -0.39 is 0 Å². The number of aromatic nitrogens is 2. The van der Waals surface area contributed by atoms with Crippen LogP contribution in [0.2, 0.25) is 0 Å². The number of thioether (sulfide) groups is 1. The van der Waals surface area contributed by atoms with Crippen LogP contribution in [0.1, 0.15) is 28.9 Å². The van der Waals surface area contributed by atoms with Gasteiger partial charge in [-0.3, -0.25) is 14.6 Å². The number of hydrogen-bond acceptors (Lipinski definition) is 4. The van der Waals surface area contributed by atoms with Gasteiger partial charge in [0.15, 0.2) is 4.77 Å². The van der Waals surface area contributed by atoms with E-state index in [-0.39, 0.29) is 22.3 Å². The summed E-state index contributed by atoms with van der Waals surface area (Å²) >= 11 is 6.65. The monoisotopic (exact) mass is 371 g/mol. The number of H-pyrrole nitrogens is 2. The first-order valence-electron chi connectivity index (χ1n) is 7.69. The van der Waals surface area contributed by atoms with Crippen LogP contribution >= 0.6 is 24.0 Å².